The topological polar surface area (TPSA) is 46.3 Å². The average molecular weight is 280 g/mol. The minimum absolute atomic E-state index is 0.247. The van der Waals surface area contributed by atoms with Crippen molar-refractivity contribution in [3.8, 4) is 0 Å². The van der Waals surface area contributed by atoms with Crippen molar-refractivity contribution in [2.24, 2.45) is 17.6 Å². The van der Waals surface area contributed by atoms with E-state index in [0.717, 1.165) is 19.4 Å². The normalized spacial score (nSPS) is 28.0. The second-order valence-electron chi connectivity index (χ2n) is 7.29. The fourth-order valence-corrected chi connectivity index (χ4v) is 3.90. The fraction of sp³-hybridized carbons (Fsp3) is 0.941. The molecule has 2 N–H and O–H groups in total. The van der Waals surface area contributed by atoms with Crippen molar-refractivity contribution in [2.45, 2.75) is 83.7 Å². The van der Waals surface area contributed by atoms with Crippen LogP contribution in [0.15, 0.2) is 0 Å². The number of carbonyl (C=O) groups is 1. The summed E-state index contributed by atoms with van der Waals surface area (Å²) in [5.41, 5.74) is 6.21. The standard InChI is InChI=1S/C17H32N2O/c1-13(2)12-19(15-8-4-5-9-15)17(20)11-14-7-3-6-10-16(14)18/h13-16H,3-12,18H2,1-2H3. The molecule has 0 aromatic rings. The van der Waals surface area contributed by atoms with E-state index in [1.165, 1.54) is 38.5 Å². The van der Waals surface area contributed by atoms with Crippen molar-refractivity contribution < 1.29 is 4.79 Å². The summed E-state index contributed by atoms with van der Waals surface area (Å²) in [4.78, 5) is 14.9. The van der Waals surface area contributed by atoms with Crippen LogP contribution in [0.25, 0.3) is 0 Å². The molecule has 2 unspecified atom stereocenters. The zero-order valence-electron chi connectivity index (χ0n) is 13.3. The molecular formula is C17H32N2O. The molecule has 0 bridgehead atoms. The molecule has 2 atom stereocenters. The molecule has 0 heterocycles. The number of amides is 1. The van der Waals surface area contributed by atoms with Crippen LogP contribution in [0.5, 0.6) is 0 Å². The quantitative estimate of drug-likeness (QED) is 0.839. The molecule has 116 valence electrons. The summed E-state index contributed by atoms with van der Waals surface area (Å²) in [6.45, 7) is 5.34. The molecule has 0 aromatic heterocycles. The van der Waals surface area contributed by atoms with Crippen LogP contribution in [0.4, 0.5) is 0 Å². The van der Waals surface area contributed by atoms with E-state index in [9.17, 15) is 4.79 Å². The van der Waals surface area contributed by atoms with Crippen LogP contribution in [-0.2, 0) is 4.79 Å². The van der Waals surface area contributed by atoms with Gasteiger partial charge in [0.2, 0.25) is 5.91 Å². The lowest BCUT2D eigenvalue weighted by atomic mass is 9.82. The Bertz CT molecular complexity index is 310. The molecule has 3 nitrogen and oxygen atoms in total. The highest BCUT2D eigenvalue weighted by molar-refractivity contribution is 5.77. The number of nitrogens with two attached hydrogens (primary N) is 1. The highest BCUT2D eigenvalue weighted by Gasteiger charge is 2.31. The molecule has 2 rings (SSSR count). The second-order valence-corrected chi connectivity index (χ2v) is 7.29. The Morgan fingerprint density at radius 1 is 1.10 bits per heavy atom. The largest absolute Gasteiger partial charge is 0.339 e. The van der Waals surface area contributed by atoms with Gasteiger partial charge in [0.25, 0.3) is 0 Å². The predicted molar refractivity (Wildman–Crippen MR) is 83.4 cm³/mol. The number of nitrogens with zero attached hydrogens (tertiary/aromatic N) is 1. The van der Waals surface area contributed by atoms with Gasteiger partial charge in [-0.05, 0) is 37.5 Å². The number of carbonyl (C=O) groups excluding carboxylic acids is 1. The van der Waals surface area contributed by atoms with Gasteiger partial charge < -0.3 is 10.6 Å². The molecule has 0 spiro atoms. The Morgan fingerprint density at radius 2 is 1.70 bits per heavy atom. The van der Waals surface area contributed by atoms with E-state index in [-0.39, 0.29) is 6.04 Å². The number of hydrogen-bond acceptors (Lipinski definition) is 2. The smallest absolute Gasteiger partial charge is 0.223 e. The lowest BCUT2D eigenvalue weighted by Crippen LogP contribution is -2.44. The number of rotatable bonds is 5. The lowest BCUT2D eigenvalue weighted by molar-refractivity contribution is -0.135. The zero-order valence-corrected chi connectivity index (χ0v) is 13.3. The summed E-state index contributed by atoms with van der Waals surface area (Å²) >= 11 is 0. The molecule has 0 aliphatic heterocycles. The molecule has 2 saturated carbocycles. The van der Waals surface area contributed by atoms with E-state index < -0.39 is 0 Å². The van der Waals surface area contributed by atoms with Gasteiger partial charge in [0.15, 0.2) is 0 Å². The summed E-state index contributed by atoms with van der Waals surface area (Å²) < 4.78 is 0. The van der Waals surface area contributed by atoms with Gasteiger partial charge in [-0.25, -0.2) is 0 Å². The summed E-state index contributed by atoms with van der Waals surface area (Å²) in [6, 6.07) is 0.752. The highest BCUT2D eigenvalue weighted by atomic mass is 16.2. The maximum absolute atomic E-state index is 12.7. The minimum atomic E-state index is 0.247. The molecule has 3 heteroatoms. The summed E-state index contributed by atoms with van der Waals surface area (Å²) in [7, 11) is 0. The van der Waals surface area contributed by atoms with Crippen LogP contribution >= 0.6 is 0 Å². The Morgan fingerprint density at radius 3 is 2.30 bits per heavy atom. The first-order chi connectivity index (χ1) is 9.58. The van der Waals surface area contributed by atoms with Crippen LogP contribution in [0, 0.1) is 11.8 Å². The first-order valence-corrected chi connectivity index (χ1v) is 8.63. The summed E-state index contributed by atoms with van der Waals surface area (Å²) in [5, 5.41) is 0. The van der Waals surface area contributed by atoms with Crippen LogP contribution in [0.2, 0.25) is 0 Å². The molecule has 2 aliphatic carbocycles. The van der Waals surface area contributed by atoms with Gasteiger partial charge in [0, 0.05) is 25.0 Å². The average Bonchev–Trinajstić information content (AvgIpc) is 2.92. The highest BCUT2D eigenvalue weighted by Crippen LogP contribution is 2.29. The number of hydrogen-bond donors (Lipinski definition) is 1. The van der Waals surface area contributed by atoms with E-state index in [2.05, 4.69) is 18.7 Å². The predicted octanol–water partition coefficient (Wildman–Crippen LogP) is 3.32. The third-order valence-corrected chi connectivity index (χ3v) is 5.05. The van der Waals surface area contributed by atoms with Gasteiger partial charge >= 0.3 is 0 Å². The molecular weight excluding hydrogens is 248 g/mol. The van der Waals surface area contributed by atoms with Crippen molar-refractivity contribution in [3.63, 3.8) is 0 Å². The second kappa shape index (κ2) is 7.44. The van der Waals surface area contributed by atoms with Crippen LogP contribution in [0.1, 0.15) is 71.6 Å². The van der Waals surface area contributed by atoms with E-state index in [1.807, 2.05) is 0 Å². The Kier molecular flexibility index (Phi) is 5.88. The summed E-state index contributed by atoms with van der Waals surface area (Å²) in [6.07, 6.45) is 10.4. The van der Waals surface area contributed by atoms with E-state index in [4.69, 9.17) is 5.73 Å². The summed E-state index contributed by atoms with van der Waals surface area (Å²) in [5.74, 6) is 1.35. The maximum atomic E-state index is 12.7. The maximum Gasteiger partial charge on any atom is 0.223 e. The van der Waals surface area contributed by atoms with Crippen molar-refractivity contribution in [3.05, 3.63) is 0 Å². The van der Waals surface area contributed by atoms with Crippen LogP contribution in [-0.4, -0.2) is 29.4 Å². The van der Waals surface area contributed by atoms with Crippen LogP contribution < -0.4 is 5.73 Å². The molecule has 2 fully saturated rings. The lowest BCUT2D eigenvalue weighted by Gasteiger charge is -2.34. The van der Waals surface area contributed by atoms with Gasteiger partial charge in [0.1, 0.15) is 0 Å². The van der Waals surface area contributed by atoms with Gasteiger partial charge in [-0.15, -0.1) is 0 Å². The van der Waals surface area contributed by atoms with Gasteiger partial charge in [-0.1, -0.05) is 39.5 Å². The van der Waals surface area contributed by atoms with E-state index in [1.54, 1.807) is 0 Å². The monoisotopic (exact) mass is 280 g/mol. The van der Waals surface area contributed by atoms with E-state index >= 15 is 0 Å². The molecule has 2 aliphatic rings. The third kappa shape index (κ3) is 4.21. The van der Waals surface area contributed by atoms with Crippen molar-refractivity contribution in [1.82, 2.24) is 4.90 Å². The molecule has 0 aromatic carbocycles. The SMILES string of the molecule is CC(C)CN(C(=O)CC1CCCCC1N)C1CCCC1. The Hall–Kier alpha value is -0.570. The van der Waals surface area contributed by atoms with Crippen molar-refractivity contribution >= 4 is 5.91 Å². The van der Waals surface area contributed by atoms with Crippen molar-refractivity contribution in [1.29, 1.82) is 0 Å². The van der Waals surface area contributed by atoms with Gasteiger partial charge in [0.05, 0.1) is 0 Å². The van der Waals surface area contributed by atoms with Gasteiger partial charge in [-0.3, -0.25) is 4.79 Å². The Labute approximate surface area is 124 Å². The zero-order chi connectivity index (χ0) is 14.5. The van der Waals surface area contributed by atoms with Crippen LogP contribution in [0.3, 0.4) is 0 Å². The molecule has 0 saturated heterocycles. The fourth-order valence-electron chi connectivity index (χ4n) is 3.90. The van der Waals surface area contributed by atoms with E-state index in [0.29, 0.717) is 30.2 Å². The first-order valence-electron chi connectivity index (χ1n) is 8.63. The third-order valence-electron chi connectivity index (χ3n) is 5.05. The van der Waals surface area contributed by atoms with Gasteiger partial charge in [-0.2, -0.15) is 0 Å². The molecule has 0 radical (unpaired) electrons. The molecule has 1 amide bonds. The Balaban J connectivity index is 1.94. The first kappa shape index (κ1) is 15.8. The van der Waals surface area contributed by atoms with Crippen molar-refractivity contribution in [2.75, 3.05) is 6.54 Å². The minimum Gasteiger partial charge on any atom is -0.339 e. The molecule has 20 heavy (non-hydrogen) atoms.